The van der Waals surface area contributed by atoms with Gasteiger partial charge in [-0.1, -0.05) is 12.1 Å². The molecule has 0 saturated heterocycles. The van der Waals surface area contributed by atoms with Crippen molar-refractivity contribution in [2.24, 2.45) is 0 Å². The van der Waals surface area contributed by atoms with E-state index < -0.39 is 12.0 Å². The van der Waals surface area contributed by atoms with Crippen molar-refractivity contribution in [2.45, 2.75) is 13.8 Å². The normalized spacial score (nSPS) is 9.96. The maximum Gasteiger partial charge on any atom is 0.337 e. The molecule has 0 spiro atoms. The van der Waals surface area contributed by atoms with Gasteiger partial charge in [0.15, 0.2) is 6.73 Å². The van der Waals surface area contributed by atoms with Crippen LogP contribution in [0, 0.1) is 13.8 Å². The van der Waals surface area contributed by atoms with Crippen LogP contribution in [0.1, 0.15) is 21.5 Å². The van der Waals surface area contributed by atoms with E-state index in [1.54, 1.807) is 24.3 Å². The van der Waals surface area contributed by atoms with Crippen molar-refractivity contribution in [3.8, 4) is 5.75 Å². The van der Waals surface area contributed by atoms with Crippen LogP contribution < -0.4 is 15.4 Å². The number of nitrogens with one attached hydrogen (secondary N) is 2. The zero-order valence-corrected chi connectivity index (χ0v) is 13.9. The molecule has 0 aromatic heterocycles. The SMILES string of the molecule is COC(=O)c1ccc(NC(=O)NCOc2cccc(C)c2C)cc1. The highest BCUT2D eigenvalue weighted by Gasteiger charge is 2.07. The highest BCUT2D eigenvalue weighted by molar-refractivity contribution is 5.92. The Labute approximate surface area is 140 Å². The molecule has 0 unspecified atom stereocenters. The molecule has 0 atom stereocenters. The number of amides is 2. The standard InChI is InChI=1S/C18H20N2O4/c1-12-5-4-6-16(13(12)2)24-11-19-18(22)20-15-9-7-14(8-10-15)17(21)23-3/h4-10H,11H2,1-3H3,(H2,19,20,22). The lowest BCUT2D eigenvalue weighted by molar-refractivity contribution is 0.0600. The van der Waals surface area contributed by atoms with E-state index in [2.05, 4.69) is 15.4 Å². The molecule has 0 aliphatic rings. The summed E-state index contributed by atoms with van der Waals surface area (Å²) >= 11 is 0. The van der Waals surface area contributed by atoms with Gasteiger partial charge in [-0.15, -0.1) is 0 Å². The number of rotatable bonds is 5. The Kier molecular flexibility index (Phi) is 5.78. The zero-order chi connectivity index (χ0) is 17.5. The van der Waals surface area contributed by atoms with E-state index in [-0.39, 0.29) is 6.73 Å². The van der Waals surface area contributed by atoms with E-state index in [0.717, 1.165) is 16.9 Å². The molecular weight excluding hydrogens is 308 g/mol. The first-order valence-electron chi connectivity index (χ1n) is 7.43. The van der Waals surface area contributed by atoms with E-state index in [0.29, 0.717) is 11.3 Å². The van der Waals surface area contributed by atoms with Crippen LogP contribution in [0.3, 0.4) is 0 Å². The number of anilines is 1. The van der Waals surface area contributed by atoms with E-state index in [9.17, 15) is 9.59 Å². The van der Waals surface area contributed by atoms with Gasteiger partial charge in [-0.25, -0.2) is 9.59 Å². The second-order valence-electron chi connectivity index (χ2n) is 5.19. The van der Waals surface area contributed by atoms with Crippen LogP contribution >= 0.6 is 0 Å². The summed E-state index contributed by atoms with van der Waals surface area (Å²) in [5.41, 5.74) is 3.15. The Hall–Kier alpha value is -3.02. The van der Waals surface area contributed by atoms with E-state index in [1.807, 2.05) is 32.0 Å². The lowest BCUT2D eigenvalue weighted by Crippen LogP contribution is -2.32. The minimum Gasteiger partial charge on any atom is -0.473 e. The average molecular weight is 328 g/mol. The topological polar surface area (TPSA) is 76.7 Å². The number of ether oxygens (including phenoxy) is 2. The molecular formula is C18H20N2O4. The summed E-state index contributed by atoms with van der Waals surface area (Å²) in [4.78, 5) is 23.2. The lowest BCUT2D eigenvalue weighted by atomic mass is 10.1. The van der Waals surface area contributed by atoms with Gasteiger partial charge in [0.05, 0.1) is 12.7 Å². The molecule has 6 heteroatoms. The number of benzene rings is 2. The molecule has 2 amide bonds. The van der Waals surface area contributed by atoms with Gasteiger partial charge >= 0.3 is 12.0 Å². The quantitative estimate of drug-likeness (QED) is 0.652. The smallest absolute Gasteiger partial charge is 0.337 e. The number of hydrogen-bond donors (Lipinski definition) is 2. The van der Waals surface area contributed by atoms with E-state index in [1.165, 1.54) is 7.11 Å². The minimum atomic E-state index is -0.423. The molecule has 0 heterocycles. The van der Waals surface area contributed by atoms with Crippen molar-refractivity contribution in [1.29, 1.82) is 0 Å². The molecule has 0 bridgehead atoms. The summed E-state index contributed by atoms with van der Waals surface area (Å²) in [6, 6.07) is 11.8. The van der Waals surface area contributed by atoms with E-state index in [4.69, 9.17) is 4.74 Å². The van der Waals surface area contributed by atoms with Gasteiger partial charge in [0.1, 0.15) is 5.75 Å². The molecule has 126 valence electrons. The van der Waals surface area contributed by atoms with Crippen LogP contribution in [0.4, 0.5) is 10.5 Å². The summed E-state index contributed by atoms with van der Waals surface area (Å²) in [6.07, 6.45) is 0. The monoisotopic (exact) mass is 328 g/mol. The van der Waals surface area contributed by atoms with Gasteiger partial charge < -0.3 is 20.1 Å². The number of carbonyl (C=O) groups is 2. The Morgan fingerprint density at radius 2 is 1.75 bits per heavy atom. The molecule has 0 saturated carbocycles. The van der Waals surface area contributed by atoms with Crippen molar-refractivity contribution in [3.63, 3.8) is 0 Å². The first-order chi connectivity index (χ1) is 11.5. The lowest BCUT2D eigenvalue weighted by Gasteiger charge is -2.12. The van der Waals surface area contributed by atoms with Gasteiger partial charge in [0, 0.05) is 5.69 Å². The molecule has 24 heavy (non-hydrogen) atoms. The third kappa shape index (κ3) is 4.49. The van der Waals surface area contributed by atoms with Crippen LogP contribution in [0.25, 0.3) is 0 Å². The third-order valence-corrected chi connectivity index (χ3v) is 3.58. The van der Waals surface area contributed by atoms with Gasteiger partial charge in [-0.3, -0.25) is 0 Å². The highest BCUT2D eigenvalue weighted by atomic mass is 16.5. The fraction of sp³-hybridized carbons (Fsp3) is 0.222. The summed E-state index contributed by atoms with van der Waals surface area (Å²) in [5.74, 6) is 0.311. The molecule has 2 aromatic rings. The van der Waals surface area contributed by atoms with Gasteiger partial charge in [0.25, 0.3) is 0 Å². The molecule has 2 aromatic carbocycles. The van der Waals surface area contributed by atoms with Crippen molar-refractivity contribution in [2.75, 3.05) is 19.2 Å². The van der Waals surface area contributed by atoms with Crippen LogP contribution in [0.5, 0.6) is 5.75 Å². The summed E-state index contributed by atoms with van der Waals surface area (Å²) < 4.78 is 10.2. The molecule has 2 rings (SSSR count). The Balaban J connectivity index is 1.83. The Bertz CT molecular complexity index is 726. The first kappa shape index (κ1) is 17.3. The van der Waals surface area contributed by atoms with Crippen molar-refractivity contribution < 1.29 is 19.1 Å². The first-order valence-corrected chi connectivity index (χ1v) is 7.43. The van der Waals surface area contributed by atoms with Gasteiger partial charge in [-0.2, -0.15) is 0 Å². The minimum absolute atomic E-state index is 0.0520. The molecule has 0 fully saturated rings. The fourth-order valence-electron chi connectivity index (χ4n) is 2.04. The molecule has 6 nitrogen and oxygen atoms in total. The zero-order valence-electron chi connectivity index (χ0n) is 13.9. The van der Waals surface area contributed by atoms with Crippen LogP contribution in [0.15, 0.2) is 42.5 Å². The number of methoxy groups -OCH3 is 1. The molecule has 0 radical (unpaired) electrons. The van der Waals surface area contributed by atoms with Crippen molar-refractivity contribution >= 4 is 17.7 Å². The Morgan fingerprint density at radius 1 is 1.04 bits per heavy atom. The van der Waals surface area contributed by atoms with Gasteiger partial charge in [-0.05, 0) is 55.3 Å². The fourth-order valence-corrected chi connectivity index (χ4v) is 2.04. The molecule has 0 aliphatic heterocycles. The number of hydrogen-bond acceptors (Lipinski definition) is 4. The summed E-state index contributed by atoms with van der Waals surface area (Å²) in [7, 11) is 1.32. The van der Waals surface area contributed by atoms with Crippen LogP contribution in [-0.2, 0) is 4.74 Å². The van der Waals surface area contributed by atoms with Crippen molar-refractivity contribution in [1.82, 2.24) is 5.32 Å². The van der Waals surface area contributed by atoms with E-state index >= 15 is 0 Å². The number of aryl methyl sites for hydroxylation is 1. The third-order valence-electron chi connectivity index (χ3n) is 3.58. The number of esters is 1. The maximum absolute atomic E-state index is 11.8. The van der Waals surface area contributed by atoms with Crippen LogP contribution in [0.2, 0.25) is 0 Å². The largest absolute Gasteiger partial charge is 0.473 e. The van der Waals surface area contributed by atoms with Gasteiger partial charge in [0.2, 0.25) is 0 Å². The average Bonchev–Trinajstić information content (AvgIpc) is 2.58. The predicted molar refractivity (Wildman–Crippen MR) is 91.3 cm³/mol. The number of urea groups is 1. The second kappa shape index (κ2) is 8.01. The highest BCUT2D eigenvalue weighted by Crippen LogP contribution is 2.20. The summed E-state index contributed by atoms with van der Waals surface area (Å²) in [5, 5.41) is 5.27. The van der Waals surface area contributed by atoms with Crippen LogP contribution in [-0.4, -0.2) is 25.8 Å². The molecule has 2 N–H and O–H groups in total. The van der Waals surface area contributed by atoms with Crippen molar-refractivity contribution in [3.05, 3.63) is 59.2 Å². The number of carbonyl (C=O) groups excluding carboxylic acids is 2. The second-order valence-corrected chi connectivity index (χ2v) is 5.19. The Morgan fingerprint density at radius 3 is 2.42 bits per heavy atom. The maximum atomic E-state index is 11.8. The predicted octanol–water partition coefficient (Wildman–Crippen LogP) is 3.25. The summed E-state index contributed by atoms with van der Waals surface area (Å²) in [6.45, 7) is 4.02. The molecule has 0 aliphatic carbocycles.